The summed E-state index contributed by atoms with van der Waals surface area (Å²) in [5, 5.41) is 2.98. The van der Waals surface area contributed by atoms with Gasteiger partial charge < -0.3 is 0 Å². The molecule has 1 heterocycles. The summed E-state index contributed by atoms with van der Waals surface area (Å²) >= 11 is 0. The van der Waals surface area contributed by atoms with Gasteiger partial charge in [-0.05, 0) is 36.5 Å². The maximum Gasteiger partial charge on any atom is 0.268 e. The molecule has 0 amide bonds. The number of hydrogen-bond acceptors (Lipinski definition) is 1. The van der Waals surface area contributed by atoms with E-state index in [1.54, 1.807) is 0 Å². The summed E-state index contributed by atoms with van der Waals surface area (Å²) < 4.78 is 1.93. The summed E-state index contributed by atoms with van der Waals surface area (Å²) in [6.07, 6.45) is 0.833. The van der Waals surface area contributed by atoms with E-state index in [2.05, 4.69) is 51.9 Å². The summed E-state index contributed by atoms with van der Waals surface area (Å²) in [7, 11) is 0. The van der Waals surface area contributed by atoms with E-state index < -0.39 is 0 Å². The predicted molar refractivity (Wildman–Crippen MR) is 79.2 cm³/mol. The van der Waals surface area contributed by atoms with Crippen molar-refractivity contribution in [3.05, 3.63) is 51.4 Å². The van der Waals surface area contributed by atoms with Gasteiger partial charge in [0.25, 0.3) is 5.56 Å². The first-order valence-corrected chi connectivity index (χ1v) is 6.76. The van der Waals surface area contributed by atoms with Gasteiger partial charge in [0.2, 0.25) is 0 Å². The van der Waals surface area contributed by atoms with Crippen LogP contribution in [0.25, 0.3) is 5.69 Å². The van der Waals surface area contributed by atoms with Gasteiger partial charge in [0.1, 0.15) is 0 Å². The third-order valence-corrected chi connectivity index (χ3v) is 3.34. The normalized spacial score (nSPS) is 11.8. The van der Waals surface area contributed by atoms with Crippen LogP contribution in [0.4, 0.5) is 0 Å². The molecule has 0 unspecified atom stereocenters. The topological polar surface area (TPSA) is 37.8 Å². The molecule has 0 fully saturated rings. The minimum Gasteiger partial charge on any atom is -0.268 e. The lowest BCUT2D eigenvalue weighted by atomic mass is 9.86. The fraction of sp³-hybridized carbons (Fsp3) is 0.438. The number of aromatic nitrogens is 2. The fourth-order valence-electron chi connectivity index (χ4n) is 2.56. The first-order valence-electron chi connectivity index (χ1n) is 6.76. The van der Waals surface area contributed by atoms with Crippen LogP contribution in [0.15, 0.2) is 29.1 Å². The maximum absolute atomic E-state index is 12.2. The largest absolute Gasteiger partial charge is 0.268 e. The summed E-state index contributed by atoms with van der Waals surface area (Å²) in [5.74, 6) is 0. The van der Waals surface area contributed by atoms with E-state index in [4.69, 9.17) is 0 Å². The molecule has 0 bridgehead atoms. The minimum absolute atomic E-state index is 0.0193. The Morgan fingerprint density at radius 2 is 1.95 bits per heavy atom. The molecule has 3 heteroatoms. The average molecular weight is 258 g/mol. The van der Waals surface area contributed by atoms with Gasteiger partial charge in [0.05, 0.1) is 5.69 Å². The van der Waals surface area contributed by atoms with Crippen LogP contribution in [0.3, 0.4) is 0 Å². The van der Waals surface area contributed by atoms with Crippen molar-refractivity contribution < 1.29 is 0 Å². The highest BCUT2D eigenvalue weighted by Gasteiger charge is 2.25. The van der Waals surface area contributed by atoms with E-state index in [0.29, 0.717) is 0 Å². The first kappa shape index (κ1) is 13.7. The lowest BCUT2D eigenvalue weighted by Gasteiger charge is -2.18. The number of benzene rings is 1. The zero-order valence-corrected chi connectivity index (χ0v) is 12.4. The Bertz CT molecular complexity index is 641. The molecule has 0 saturated carbocycles. The van der Waals surface area contributed by atoms with Crippen LogP contribution < -0.4 is 5.56 Å². The molecule has 0 aliphatic carbocycles. The predicted octanol–water partition coefficient (Wildman–Crippen LogP) is 3.33. The zero-order valence-electron chi connectivity index (χ0n) is 12.4. The van der Waals surface area contributed by atoms with Crippen LogP contribution in [-0.2, 0) is 11.8 Å². The lowest BCUT2D eigenvalue weighted by molar-refractivity contribution is 0.577. The van der Waals surface area contributed by atoms with Crippen molar-refractivity contribution in [1.29, 1.82) is 0 Å². The summed E-state index contributed by atoms with van der Waals surface area (Å²) in [5.41, 5.74) is 4.04. The van der Waals surface area contributed by atoms with Crippen molar-refractivity contribution in [1.82, 2.24) is 9.78 Å². The molecule has 0 radical (unpaired) electrons. The molecule has 19 heavy (non-hydrogen) atoms. The molecule has 0 saturated heterocycles. The molecule has 0 aliphatic heterocycles. The number of H-pyrrole nitrogens is 1. The Labute approximate surface area is 114 Å². The third-order valence-electron chi connectivity index (χ3n) is 3.34. The Morgan fingerprint density at radius 1 is 1.26 bits per heavy atom. The fourth-order valence-corrected chi connectivity index (χ4v) is 2.56. The van der Waals surface area contributed by atoms with E-state index in [1.165, 1.54) is 5.56 Å². The molecule has 102 valence electrons. The Balaban J connectivity index is 2.70. The highest BCUT2D eigenvalue weighted by atomic mass is 16.1. The van der Waals surface area contributed by atoms with Crippen molar-refractivity contribution in [2.75, 3.05) is 0 Å². The van der Waals surface area contributed by atoms with E-state index in [0.717, 1.165) is 23.4 Å². The molecular formula is C16H22N2O. The van der Waals surface area contributed by atoms with Crippen LogP contribution in [0, 0.1) is 6.92 Å². The first-order chi connectivity index (χ1) is 8.84. The third kappa shape index (κ3) is 2.50. The molecule has 1 aromatic heterocycles. The van der Waals surface area contributed by atoms with Crippen molar-refractivity contribution in [3.63, 3.8) is 0 Å². The van der Waals surface area contributed by atoms with Gasteiger partial charge in [-0.2, -0.15) is 0 Å². The van der Waals surface area contributed by atoms with Crippen LogP contribution >= 0.6 is 0 Å². The number of hydrogen-bond donors (Lipinski definition) is 1. The monoisotopic (exact) mass is 258 g/mol. The maximum atomic E-state index is 12.2. The molecule has 0 aliphatic rings. The standard InChI is InChI=1S/C16H22N2O/c1-6-13-14(16(3,4)5)15(19)17-18(13)12-9-7-8-11(2)10-12/h7-10H,6H2,1-5H3,(H,17,19). The van der Waals surface area contributed by atoms with Gasteiger partial charge in [-0.3, -0.25) is 14.6 Å². The van der Waals surface area contributed by atoms with E-state index >= 15 is 0 Å². The van der Waals surface area contributed by atoms with E-state index in [1.807, 2.05) is 16.8 Å². The van der Waals surface area contributed by atoms with E-state index in [-0.39, 0.29) is 11.0 Å². The van der Waals surface area contributed by atoms with Crippen LogP contribution in [-0.4, -0.2) is 9.78 Å². The second kappa shape index (κ2) is 4.72. The molecule has 3 nitrogen and oxygen atoms in total. The van der Waals surface area contributed by atoms with Gasteiger partial charge >= 0.3 is 0 Å². The quantitative estimate of drug-likeness (QED) is 0.881. The van der Waals surface area contributed by atoms with Gasteiger partial charge in [-0.25, -0.2) is 0 Å². The lowest BCUT2D eigenvalue weighted by Crippen LogP contribution is -2.21. The highest BCUT2D eigenvalue weighted by Crippen LogP contribution is 2.24. The zero-order chi connectivity index (χ0) is 14.2. The Morgan fingerprint density at radius 3 is 2.47 bits per heavy atom. The van der Waals surface area contributed by atoms with E-state index in [9.17, 15) is 4.79 Å². The van der Waals surface area contributed by atoms with Crippen molar-refractivity contribution in [2.45, 2.75) is 46.5 Å². The average Bonchev–Trinajstić information content (AvgIpc) is 2.65. The van der Waals surface area contributed by atoms with Crippen molar-refractivity contribution >= 4 is 0 Å². The minimum atomic E-state index is -0.145. The molecule has 2 rings (SSSR count). The number of aromatic amines is 1. The van der Waals surface area contributed by atoms with Gasteiger partial charge in [-0.15, -0.1) is 0 Å². The number of nitrogens with zero attached hydrogens (tertiary/aromatic N) is 1. The highest BCUT2D eigenvalue weighted by molar-refractivity contribution is 5.39. The van der Waals surface area contributed by atoms with Gasteiger partial charge in [0.15, 0.2) is 0 Å². The molecule has 1 aromatic carbocycles. The van der Waals surface area contributed by atoms with Crippen LogP contribution in [0.2, 0.25) is 0 Å². The van der Waals surface area contributed by atoms with Crippen molar-refractivity contribution in [2.24, 2.45) is 0 Å². The smallest absolute Gasteiger partial charge is 0.268 e. The Hall–Kier alpha value is -1.77. The van der Waals surface area contributed by atoms with Gasteiger partial charge in [0, 0.05) is 11.3 Å². The SMILES string of the molecule is CCc1c(C(C)(C)C)c(=O)[nH]n1-c1cccc(C)c1. The molecule has 2 aromatic rings. The second-order valence-electron chi connectivity index (χ2n) is 6.04. The molecule has 0 spiro atoms. The number of nitrogens with one attached hydrogen (secondary N) is 1. The molecular weight excluding hydrogens is 236 g/mol. The summed E-state index contributed by atoms with van der Waals surface area (Å²) in [4.78, 5) is 12.2. The number of rotatable bonds is 2. The number of aryl methyl sites for hydroxylation is 1. The molecule has 1 N–H and O–H groups in total. The van der Waals surface area contributed by atoms with Gasteiger partial charge in [-0.1, -0.05) is 39.8 Å². The van der Waals surface area contributed by atoms with Crippen molar-refractivity contribution in [3.8, 4) is 5.69 Å². The second-order valence-corrected chi connectivity index (χ2v) is 6.04. The summed E-state index contributed by atoms with van der Waals surface area (Å²) in [6.45, 7) is 10.4. The van der Waals surface area contributed by atoms with Crippen LogP contribution in [0.1, 0.15) is 44.5 Å². The summed E-state index contributed by atoms with van der Waals surface area (Å²) in [6, 6.07) is 8.18. The Kier molecular flexibility index (Phi) is 3.40. The van der Waals surface area contributed by atoms with Crippen LogP contribution in [0.5, 0.6) is 0 Å². The molecule has 0 atom stereocenters.